The van der Waals surface area contributed by atoms with E-state index in [-0.39, 0.29) is 17.1 Å². The van der Waals surface area contributed by atoms with Crippen LogP contribution in [0.2, 0.25) is 5.02 Å². The van der Waals surface area contributed by atoms with E-state index in [1.807, 2.05) is 11.9 Å². The maximum Gasteiger partial charge on any atom is 0.267 e. The van der Waals surface area contributed by atoms with Crippen LogP contribution in [0.15, 0.2) is 48.5 Å². The summed E-state index contributed by atoms with van der Waals surface area (Å²) >= 11 is 5.92. The zero-order valence-corrected chi connectivity index (χ0v) is 23.5. The quantitative estimate of drug-likeness (QED) is 0.396. The smallest absolute Gasteiger partial charge is 0.267 e. The number of nitrogens with zero attached hydrogens (tertiary/aromatic N) is 4. The van der Waals surface area contributed by atoms with Crippen molar-refractivity contribution in [2.24, 2.45) is 0 Å². The van der Waals surface area contributed by atoms with Gasteiger partial charge in [0.05, 0.1) is 12.7 Å². The minimum absolute atomic E-state index is 0.0850. The number of hydrogen-bond acceptors (Lipinski definition) is 6. The highest BCUT2D eigenvalue weighted by molar-refractivity contribution is 6.30. The van der Waals surface area contributed by atoms with E-state index in [4.69, 9.17) is 16.3 Å². The molecule has 1 aromatic heterocycles. The van der Waals surface area contributed by atoms with E-state index in [9.17, 15) is 18.4 Å². The molecule has 3 aromatic rings. The first-order valence-electron chi connectivity index (χ1n) is 13.2. The first kappa shape index (κ1) is 29.6. The molecule has 2 aromatic carbocycles. The van der Waals surface area contributed by atoms with Gasteiger partial charge in [-0.25, -0.2) is 22.5 Å². The van der Waals surface area contributed by atoms with Gasteiger partial charge in [-0.1, -0.05) is 11.6 Å². The lowest BCUT2D eigenvalue weighted by Gasteiger charge is -2.34. The van der Waals surface area contributed by atoms with Crippen molar-refractivity contribution < 1.29 is 31.9 Å². The van der Waals surface area contributed by atoms with Gasteiger partial charge < -0.3 is 19.9 Å². The fourth-order valence-electron chi connectivity index (χ4n) is 5.25. The number of likely N-dealkylation sites (N-methyl/N-ethyl adjacent to an activating group) is 1. The Kier molecular flexibility index (Phi) is 8.55. The van der Waals surface area contributed by atoms with Gasteiger partial charge in [0.25, 0.3) is 18.2 Å². The number of aromatic nitrogens is 1. The van der Waals surface area contributed by atoms with Gasteiger partial charge in [0.2, 0.25) is 0 Å². The molecule has 2 amide bonds. The fourth-order valence-corrected chi connectivity index (χ4v) is 5.38. The maximum atomic E-state index is 15.3. The number of pyridine rings is 1. The predicted octanol–water partition coefficient (Wildman–Crippen LogP) is 4.64. The van der Waals surface area contributed by atoms with E-state index in [1.165, 1.54) is 43.5 Å². The molecule has 222 valence electrons. The van der Waals surface area contributed by atoms with E-state index in [0.29, 0.717) is 23.9 Å². The third-order valence-electron chi connectivity index (χ3n) is 7.57. The summed E-state index contributed by atoms with van der Waals surface area (Å²) in [5, 5.41) is 2.93. The summed E-state index contributed by atoms with van der Waals surface area (Å²) in [4.78, 5) is 36.5. The molecule has 13 heteroatoms. The number of anilines is 2. The number of benzene rings is 2. The highest BCUT2D eigenvalue weighted by Crippen LogP contribution is 2.39. The van der Waals surface area contributed by atoms with Crippen LogP contribution in [0.4, 0.5) is 29.2 Å². The topological polar surface area (TPSA) is 78.0 Å². The van der Waals surface area contributed by atoms with Crippen molar-refractivity contribution >= 4 is 35.1 Å². The third kappa shape index (κ3) is 5.86. The molecule has 0 aliphatic carbocycles. The second-order valence-corrected chi connectivity index (χ2v) is 10.6. The van der Waals surface area contributed by atoms with Gasteiger partial charge in [-0.05, 0) is 43.4 Å². The Morgan fingerprint density at radius 2 is 1.69 bits per heavy atom. The van der Waals surface area contributed by atoms with Gasteiger partial charge in [0, 0.05) is 66.9 Å². The highest BCUT2D eigenvalue weighted by atomic mass is 35.5. The largest absolute Gasteiger partial charge is 0.497 e. The second-order valence-electron chi connectivity index (χ2n) is 10.2. The number of carbonyl (C=O) groups excluding carboxylic acids is 2. The first-order chi connectivity index (χ1) is 20.1. The highest BCUT2D eigenvalue weighted by Gasteiger charge is 2.46. The van der Waals surface area contributed by atoms with E-state index < -0.39 is 59.5 Å². The van der Waals surface area contributed by atoms with Crippen LogP contribution in [-0.2, 0) is 4.79 Å². The fraction of sp³-hybridized carbons (Fsp3) is 0.345. The maximum absolute atomic E-state index is 15.3. The first-order valence-corrected chi connectivity index (χ1v) is 13.6. The molecule has 5 rings (SSSR count). The van der Waals surface area contributed by atoms with Crippen molar-refractivity contribution in [1.29, 1.82) is 0 Å². The number of hydrogen-bond donors (Lipinski definition) is 1. The van der Waals surface area contributed by atoms with Crippen LogP contribution in [0, 0.1) is 11.6 Å². The number of piperazine rings is 1. The van der Waals surface area contributed by atoms with E-state index in [2.05, 4.69) is 15.2 Å². The minimum Gasteiger partial charge on any atom is -0.497 e. The Labute approximate surface area is 244 Å². The van der Waals surface area contributed by atoms with Crippen molar-refractivity contribution in [1.82, 2.24) is 15.2 Å². The number of halogens is 5. The lowest BCUT2D eigenvalue weighted by atomic mass is 9.92. The average Bonchev–Trinajstić information content (AvgIpc) is 3.27. The number of rotatable bonds is 7. The van der Waals surface area contributed by atoms with Crippen LogP contribution in [0.1, 0.15) is 33.8 Å². The summed E-state index contributed by atoms with van der Waals surface area (Å²) in [6, 6.07) is 8.90. The zero-order valence-electron chi connectivity index (χ0n) is 22.8. The van der Waals surface area contributed by atoms with Crippen LogP contribution in [0.25, 0.3) is 0 Å². The summed E-state index contributed by atoms with van der Waals surface area (Å²) in [5.74, 6) is -4.86. The van der Waals surface area contributed by atoms with E-state index in [1.54, 1.807) is 0 Å². The molecule has 2 aliphatic heterocycles. The van der Waals surface area contributed by atoms with Gasteiger partial charge in [-0.2, -0.15) is 0 Å². The van der Waals surface area contributed by atoms with Gasteiger partial charge >= 0.3 is 0 Å². The molecule has 1 N–H and O–H groups in total. The molecule has 2 aliphatic rings. The molecule has 8 nitrogen and oxygen atoms in total. The molecule has 2 atom stereocenters. The molecule has 0 radical (unpaired) electrons. The van der Waals surface area contributed by atoms with Crippen LogP contribution >= 0.6 is 11.6 Å². The SMILES string of the molecule is COc1cc(F)c([C@@H]2CN(c3nc(N4CCN(C)CC4)ccc3C(F)F)C(=O)C2NC(=O)c2ccc(Cl)cc2)c(F)c1. The van der Waals surface area contributed by atoms with Crippen molar-refractivity contribution in [3.63, 3.8) is 0 Å². The van der Waals surface area contributed by atoms with E-state index >= 15 is 8.78 Å². The summed E-state index contributed by atoms with van der Waals surface area (Å²) < 4.78 is 64.0. The summed E-state index contributed by atoms with van der Waals surface area (Å²) in [6.07, 6.45) is -2.99. The Balaban J connectivity index is 1.56. The zero-order chi connectivity index (χ0) is 30.1. The molecule has 0 bridgehead atoms. The molecular formula is C29H28ClF4N5O3. The number of nitrogens with one attached hydrogen (secondary N) is 1. The summed E-state index contributed by atoms with van der Waals surface area (Å²) in [6.45, 7) is 2.23. The van der Waals surface area contributed by atoms with Crippen molar-refractivity contribution in [2.45, 2.75) is 18.4 Å². The summed E-state index contributed by atoms with van der Waals surface area (Å²) in [7, 11) is 3.21. The van der Waals surface area contributed by atoms with Gasteiger partial charge in [0.1, 0.15) is 35.1 Å². The monoisotopic (exact) mass is 605 g/mol. The Morgan fingerprint density at radius 1 is 1.05 bits per heavy atom. The lowest BCUT2D eigenvalue weighted by molar-refractivity contribution is -0.118. The molecule has 0 spiro atoms. The Morgan fingerprint density at radius 3 is 2.29 bits per heavy atom. The summed E-state index contributed by atoms with van der Waals surface area (Å²) in [5.41, 5.74) is -0.856. The predicted molar refractivity (Wildman–Crippen MR) is 150 cm³/mol. The molecule has 0 saturated carbocycles. The van der Waals surface area contributed by atoms with Crippen molar-refractivity contribution in [3.8, 4) is 5.75 Å². The van der Waals surface area contributed by atoms with Crippen LogP contribution in [0.5, 0.6) is 5.75 Å². The average molecular weight is 606 g/mol. The number of alkyl halides is 2. The molecule has 2 fully saturated rings. The van der Waals surface area contributed by atoms with Gasteiger partial charge in [-0.15, -0.1) is 0 Å². The molecule has 2 saturated heterocycles. The van der Waals surface area contributed by atoms with Gasteiger partial charge in [-0.3, -0.25) is 14.5 Å². The number of ether oxygens (including phenoxy) is 1. The number of amides is 2. The van der Waals surface area contributed by atoms with Gasteiger partial charge in [0.15, 0.2) is 0 Å². The molecule has 3 heterocycles. The Bertz CT molecular complexity index is 1460. The number of methoxy groups -OCH3 is 1. The third-order valence-corrected chi connectivity index (χ3v) is 7.83. The molecule has 1 unspecified atom stereocenters. The lowest BCUT2D eigenvalue weighted by Crippen LogP contribution is -2.45. The van der Waals surface area contributed by atoms with Crippen molar-refractivity contribution in [3.05, 3.63) is 81.9 Å². The van der Waals surface area contributed by atoms with Crippen LogP contribution in [-0.4, -0.2) is 74.6 Å². The standard InChI is InChI=1S/C29H28ClF4N5O3/c1-37-9-11-38(12-10-37)23-8-7-19(26(33)34)27(35-23)39-15-20(24-21(31)13-18(42-2)14-22(24)32)25(29(39)41)36-28(40)16-3-5-17(30)6-4-16/h3-8,13-14,20,25-26H,9-12,15H2,1-2H3,(H,36,40)/t20-,25?/m0/s1. The normalized spacial score (nSPS) is 19.5. The second kappa shape index (κ2) is 12.1. The van der Waals surface area contributed by atoms with E-state index in [0.717, 1.165) is 30.1 Å². The molecular weight excluding hydrogens is 578 g/mol. The van der Waals surface area contributed by atoms with Crippen LogP contribution in [0.3, 0.4) is 0 Å². The molecule has 42 heavy (non-hydrogen) atoms. The van der Waals surface area contributed by atoms with Crippen LogP contribution < -0.4 is 19.9 Å². The van der Waals surface area contributed by atoms with Crippen molar-refractivity contribution in [2.75, 3.05) is 56.7 Å². The number of carbonyl (C=O) groups is 2. The minimum atomic E-state index is -2.99. The Hall–Kier alpha value is -3.90.